The van der Waals surface area contributed by atoms with Crippen LogP contribution in [0.15, 0.2) is 23.1 Å². The molecule has 1 heterocycles. The first-order valence-corrected chi connectivity index (χ1v) is 10.9. The second-order valence-electron chi connectivity index (χ2n) is 7.49. The van der Waals surface area contributed by atoms with Crippen molar-refractivity contribution >= 4 is 15.9 Å². The molecular weight excluding hydrogens is 371 g/mol. The number of hydrogen-bond donors (Lipinski definition) is 0. The van der Waals surface area contributed by atoms with Crippen LogP contribution >= 0.6 is 0 Å². The average Bonchev–Trinajstić information content (AvgIpc) is 2.68. The van der Waals surface area contributed by atoms with Gasteiger partial charge in [-0.3, -0.25) is 4.79 Å². The van der Waals surface area contributed by atoms with E-state index in [0.29, 0.717) is 19.1 Å². The monoisotopic (exact) mass is 398 g/mol. The van der Waals surface area contributed by atoms with Crippen molar-refractivity contribution in [2.45, 2.75) is 43.5 Å². The number of nitrogens with zero attached hydrogens (tertiary/aromatic N) is 2. The summed E-state index contributed by atoms with van der Waals surface area (Å²) in [4.78, 5) is 14.4. The van der Waals surface area contributed by atoms with Crippen LogP contribution in [0.5, 0.6) is 0 Å². The second kappa shape index (κ2) is 8.24. The lowest BCUT2D eigenvalue weighted by Crippen LogP contribution is -2.41. The first-order chi connectivity index (χ1) is 12.8. The van der Waals surface area contributed by atoms with E-state index < -0.39 is 21.7 Å². The maximum absolute atomic E-state index is 14.4. The minimum Gasteiger partial charge on any atom is -0.379 e. The van der Waals surface area contributed by atoms with E-state index in [1.54, 1.807) is 11.9 Å². The highest BCUT2D eigenvalue weighted by Crippen LogP contribution is 2.28. The highest BCUT2D eigenvalue weighted by atomic mass is 32.2. The number of rotatable bonds is 4. The van der Waals surface area contributed by atoms with Crippen molar-refractivity contribution in [3.05, 3.63) is 29.6 Å². The van der Waals surface area contributed by atoms with Gasteiger partial charge < -0.3 is 9.64 Å². The summed E-state index contributed by atoms with van der Waals surface area (Å²) in [6, 6.07) is 3.52. The van der Waals surface area contributed by atoms with Gasteiger partial charge in [-0.1, -0.05) is 6.92 Å². The summed E-state index contributed by atoms with van der Waals surface area (Å²) in [5.41, 5.74) is -0.189. The van der Waals surface area contributed by atoms with E-state index in [1.165, 1.54) is 16.4 Å². The van der Waals surface area contributed by atoms with Crippen LogP contribution in [0.1, 0.15) is 43.0 Å². The van der Waals surface area contributed by atoms with Crippen molar-refractivity contribution in [2.75, 3.05) is 33.4 Å². The number of sulfonamides is 1. The molecular formula is C19H27FN2O4S. The molecule has 1 aromatic rings. The number of carbonyl (C=O) groups excluding carboxylic acids is 1. The molecule has 2 fully saturated rings. The van der Waals surface area contributed by atoms with Gasteiger partial charge in [0.2, 0.25) is 10.0 Å². The van der Waals surface area contributed by atoms with Gasteiger partial charge in [-0.2, -0.15) is 4.31 Å². The van der Waals surface area contributed by atoms with Crippen molar-refractivity contribution < 1.29 is 22.3 Å². The van der Waals surface area contributed by atoms with E-state index in [1.807, 2.05) is 0 Å². The second-order valence-corrected chi connectivity index (χ2v) is 9.43. The molecule has 1 aromatic carbocycles. The predicted octanol–water partition coefficient (Wildman–Crippen LogP) is 2.50. The summed E-state index contributed by atoms with van der Waals surface area (Å²) < 4.78 is 46.5. The lowest BCUT2D eigenvalue weighted by atomic mass is 9.86. The van der Waals surface area contributed by atoms with Crippen molar-refractivity contribution in [1.82, 2.24) is 9.21 Å². The highest BCUT2D eigenvalue weighted by molar-refractivity contribution is 7.89. The molecule has 3 rings (SSSR count). The number of benzene rings is 1. The fourth-order valence-electron chi connectivity index (χ4n) is 3.75. The zero-order chi connectivity index (χ0) is 19.6. The zero-order valence-corrected chi connectivity index (χ0v) is 16.7. The van der Waals surface area contributed by atoms with Gasteiger partial charge in [0.1, 0.15) is 5.82 Å². The van der Waals surface area contributed by atoms with Crippen molar-refractivity contribution in [2.24, 2.45) is 5.92 Å². The molecule has 8 heteroatoms. The molecule has 150 valence electrons. The van der Waals surface area contributed by atoms with Crippen LogP contribution in [-0.2, 0) is 14.8 Å². The first-order valence-electron chi connectivity index (χ1n) is 9.45. The van der Waals surface area contributed by atoms with Crippen LogP contribution < -0.4 is 0 Å². The van der Waals surface area contributed by atoms with Crippen LogP contribution in [0.2, 0.25) is 0 Å². The highest BCUT2D eigenvalue weighted by Gasteiger charge is 2.30. The van der Waals surface area contributed by atoms with Gasteiger partial charge >= 0.3 is 0 Å². The molecule has 2 aliphatic rings. The van der Waals surface area contributed by atoms with Crippen LogP contribution in [0, 0.1) is 11.7 Å². The Morgan fingerprint density at radius 1 is 1.19 bits per heavy atom. The predicted molar refractivity (Wildman–Crippen MR) is 99.5 cm³/mol. The Bertz CT molecular complexity index is 785. The lowest BCUT2D eigenvalue weighted by molar-refractivity contribution is 0.0674. The van der Waals surface area contributed by atoms with E-state index in [0.717, 1.165) is 31.7 Å². The third kappa shape index (κ3) is 4.33. The van der Waals surface area contributed by atoms with Crippen LogP contribution in [0.25, 0.3) is 0 Å². The van der Waals surface area contributed by atoms with Gasteiger partial charge in [0.15, 0.2) is 0 Å². The molecule has 0 N–H and O–H groups in total. The lowest BCUT2D eigenvalue weighted by Gasteiger charge is -2.33. The molecule has 0 aromatic heterocycles. The summed E-state index contributed by atoms with van der Waals surface area (Å²) in [5.74, 6) is -0.522. The Morgan fingerprint density at radius 3 is 2.44 bits per heavy atom. The Balaban J connectivity index is 1.83. The average molecular weight is 399 g/mol. The minimum atomic E-state index is -3.78. The SMILES string of the molecule is CC1CCC(N(C)C(=O)c2cc(S(=O)(=O)N3CCOCC3)ccc2F)CC1. The minimum absolute atomic E-state index is 0.0557. The number of ether oxygens (including phenoxy) is 1. The third-order valence-electron chi connectivity index (χ3n) is 5.63. The van der Waals surface area contributed by atoms with Gasteiger partial charge in [0.25, 0.3) is 5.91 Å². The largest absolute Gasteiger partial charge is 0.379 e. The summed E-state index contributed by atoms with van der Waals surface area (Å²) in [6.07, 6.45) is 3.85. The fourth-order valence-corrected chi connectivity index (χ4v) is 5.19. The normalized spacial score (nSPS) is 24.6. The van der Waals surface area contributed by atoms with Crippen molar-refractivity contribution in [1.29, 1.82) is 0 Å². The molecule has 1 aliphatic heterocycles. The van der Waals surface area contributed by atoms with Gasteiger partial charge in [0, 0.05) is 26.2 Å². The van der Waals surface area contributed by atoms with E-state index in [4.69, 9.17) is 4.74 Å². The number of morpholine rings is 1. The summed E-state index contributed by atoms with van der Waals surface area (Å²) in [5, 5.41) is 0. The van der Waals surface area contributed by atoms with E-state index in [2.05, 4.69) is 6.92 Å². The van der Waals surface area contributed by atoms with Gasteiger partial charge in [-0.15, -0.1) is 0 Å². The quantitative estimate of drug-likeness (QED) is 0.782. The van der Waals surface area contributed by atoms with Crippen LogP contribution in [0.4, 0.5) is 4.39 Å². The summed E-state index contributed by atoms with van der Waals surface area (Å²) >= 11 is 0. The third-order valence-corrected chi connectivity index (χ3v) is 7.52. The Hall–Kier alpha value is -1.51. The molecule has 1 saturated heterocycles. The van der Waals surface area contributed by atoms with E-state index in [9.17, 15) is 17.6 Å². The topological polar surface area (TPSA) is 66.9 Å². The molecule has 27 heavy (non-hydrogen) atoms. The van der Waals surface area contributed by atoms with Gasteiger partial charge in [0.05, 0.1) is 23.7 Å². The molecule has 0 radical (unpaired) electrons. The molecule has 0 spiro atoms. The number of hydrogen-bond acceptors (Lipinski definition) is 4. The molecule has 1 saturated carbocycles. The maximum atomic E-state index is 14.4. The maximum Gasteiger partial charge on any atom is 0.256 e. The molecule has 0 unspecified atom stereocenters. The van der Waals surface area contributed by atoms with Crippen LogP contribution in [0.3, 0.4) is 0 Å². The Labute approximate surface area is 160 Å². The standard InChI is InChI=1S/C19H27FN2O4S/c1-14-3-5-15(6-4-14)21(2)19(23)17-13-16(7-8-18(17)20)27(24,25)22-9-11-26-12-10-22/h7-8,13-15H,3-6,9-12H2,1-2H3. The van der Waals surface area contributed by atoms with Gasteiger partial charge in [-0.25, -0.2) is 12.8 Å². The molecule has 0 bridgehead atoms. The van der Waals surface area contributed by atoms with Crippen molar-refractivity contribution in [3.63, 3.8) is 0 Å². The Morgan fingerprint density at radius 2 is 1.81 bits per heavy atom. The van der Waals surface area contributed by atoms with Crippen molar-refractivity contribution in [3.8, 4) is 0 Å². The smallest absolute Gasteiger partial charge is 0.256 e. The zero-order valence-electron chi connectivity index (χ0n) is 15.9. The molecule has 6 nitrogen and oxygen atoms in total. The van der Waals surface area contributed by atoms with Gasteiger partial charge in [-0.05, 0) is 49.8 Å². The Kier molecular flexibility index (Phi) is 6.18. The first kappa shape index (κ1) is 20.2. The number of carbonyl (C=O) groups is 1. The summed E-state index contributed by atoms with van der Waals surface area (Å²) in [6.45, 7) is 3.36. The fraction of sp³-hybridized carbons (Fsp3) is 0.632. The number of amides is 1. The molecule has 1 aliphatic carbocycles. The number of halogens is 1. The van der Waals surface area contributed by atoms with E-state index >= 15 is 0 Å². The molecule has 1 amide bonds. The molecule has 0 atom stereocenters. The summed E-state index contributed by atoms with van der Waals surface area (Å²) in [7, 11) is -2.10. The van der Waals surface area contributed by atoms with E-state index in [-0.39, 0.29) is 29.6 Å². The van der Waals surface area contributed by atoms with Crippen LogP contribution in [-0.4, -0.2) is 62.9 Å².